The van der Waals surface area contributed by atoms with Crippen LogP contribution in [0.1, 0.15) is 0 Å². The summed E-state index contributed by atoms with van der Waals surface area (Å²) in [7, 11) is 0. The Morgan fingerprint density at radius 1 is 0.396 bits per heavy atom. The quantitative estimate of drug-likeness (QED) is 0.180. The molecule has 0 atom stereocenters. The second-order valence-electron chi connectivity index (χ2n) is 13.0. The van der Waals surface area contributed by atoms with Crippen molar-refractivity contribution < 1.29 is 8.83 Å². The molecule has 11 aromatic rings. The van der Waals surface area contributed by atoms with E-state index in [4.69, 9.17) is 28.8 Å². The van der Waals surface area contributed by atoms with Gasteiger partial charge in [0.15, 0.2) is 23.1 Å². The summed E-state index contributed by atoms with van der Waals surface area (Å²) in [5, 5.41) is 4.04. The number of hydrogen-bond acceptors (Lipinski definition) is 6. The molecule has 0 N–H and O–H groups in total. The standard InChI is InChI=1S/C46H27N5O2/c1-3-14-28(15-4-1)43-48-44(32-20-12-25-37-40(32)30-18-7-9-24-36(30)51(37)29-16-5-2-6-17-29)50-45(49-43)33-21-13-27-39-41(33)31-19-11-22-34(42(31)52-39)46-47-35-23-8-10-26-38(35)53-46/h1-27H. The Kier molecular flexibility index (Phi) is 6.42. The maximum atomic E-state index is 6.60. The fourth-order valence-corrected chi connectivity index (χ4v) is 7.58. The Morgan fingerprint density at radius 2 is 1.00 bits per heavy atom. The van der Waals surface area contributed by atoms with Gasteiger partial charge >= 0.3 is 0 Å². The zero-order valence-electron chi connectivity index (χ0n) is 28.1. The number of fused-ring (bicyclic) bond motifs is 7. The molecular formula is C46H27N5O2. The van der Waals surface area contributed by atoms with Crippen molar-refractivity contribution >= 4 is 54.8 Å². The van der Waals surface area contributed by atoms with Gasteiger partial charge in [0, 0.05) is 43.9 Å². The fourth-order valence-electron chi connectivity index (χ4n) is 7.58. The third-order valence-corrected chi connectivity index (χ3v) is 9.91. The van der Waals surface area contributed by atoms with Crippen molar-refractivity contribution in [2.24, 2.45) is 0 Å². The van der Waals surface area contributed by atoms with E-state index in [-0.39, 0.29) is 0 Å². The van der Waals surface area contributed by atoms with Crippen LogP contribution in [-0.4, -0.2) is 24.5 Å². The van der Waals surface area contributed by atoms with E-state index in [0.29, 0.717) is 28.9 Å². The molecule has 53 heavy (non-hydrogen) atoms. The summed E-state index contributed by atoms with van der Waals surface area (Å²) in [6.07, 6.45) is 0. The van der Waals surface area contributed by atoms with Gasteiger partial charge in [-0.25, -0.2) is 19.9 Å². The van der Waals surface area contributed by atoms with E-state index >= 15 is 0 Å². The number of furan rings is 1. The van der Waals surface area contributed by atoms with Crippen LogP contribution in [0.25, 0.3) is 106 Å². The van der Waals surface area contributed by atoms with Crippen LogP contribution in [0.2, 0.25) is 0 Å². The van der Waals surface area contributed by atoms with Crippen molar-refractivity contribution in [1.82, 2.24) is 24.5 Å². The van der Waals surface area contributed by atoms with Crippen LogP contribution < -0.4 is 0 Å². The van der Waals surface area contributed by atoms with Gasteiger partial charge in [-0.15, -0.1) is 0 Å². The number of oxazole rings is 1. The van der Waals surface area contributed by atoms with E-state index in [0.717, 1.165) is 77.2 Å². The van der Waals surface area contributed by atoms with Gasteiger partial charge in [-0.2, -0.15) is 0 Å². The van der Waals surface area contributed by atoms with E-state index < -0.39 is 0 Å². The minimum atomic E-state index is 0.508. The summed E-state index contributed by atoms with van der Waals surface area (Å²) in [6.45, 7) is 0. The Hall–Kier alpha value is -7.38. The minimum Gasteiger partial charge on any atom is -0.455 e. The van der Waals surface area contributed by atoms with Crippen molar-refractivity contribution in [3.05, 3.63) is 164 Å². The molecule has 0 saturated carbocycles. The maximum Gasteiger partial charge on any atom is 0.231 e. The lowest BCUT2D eigenvalue weighted by atomic mass is 10.0. The largest absolute Gasteiger partial charge is 0.455 e. The zero-order chi connectivity index (χ0) is 34.9. The highest BCUT2D eigenvalue weighted by atomic mass is 16.4. The minimum absolute atomic E-state index is 0.508. The molecule has 0 fully saturated rings. The molecule has 4 aromatic heterocycles. The first-order valence-corrected chi connectivity index (χ1v) is 17.5. The average molecular weight is 682 g/mol. The molecule has 0 aliphatic heterocycles. The lowest BCUT2D eigenvalue weighted by Gasteiger charge is -2.11. The van der Waals surface area contributed by atoms with Gasteiger partial charge in [-0.1, -0.05) is 115 Å². The van der Waals surface area contributed by atoms with Gasteiger partial charge in [-0.3, -0.25) is 0 Å². The fraction of sp³-hybridized carbons (Fsp3) is 0. The number of para-hydroxylation sites is 5. The highest BCUT2D eigenvalue weighted by Crippen LogP contribution is 2.42. The second-order valence-corrected chi connectivity index (χ2v) is 13.0. The Morgan fingerprint density at radius 3 is 1.83 bits per heavy atom. The number of nitrogens with zero attached hydrogens (tertiary/aromatic N) is 5. The average Bonchev–Trinajstić information content (AvgIpc) is 3.93. The van der Waals surface area contributed by atoms with E-state index in [1.165, 1.54) is 0 Å². The predicted octanol–water partition coefficient (Wildman–Crippen LogP) is 11.7. The smallest absolute Gasteiger partial charge is 0.231 e. The molecule has 0 aliphatic rings. The molecular weight excluding hydrogens is 655 g/mol. The molecule has 0 saturated heterocycles. The van der Waals surface area contributed by atoms with Gasteiger partial charge in [0.25, 0.3) is 0 Å². The van der Waals surface area contributed by atoms with Crippen LogP contribution in [0.4, 0.5) is 0 Å². The number of benzene rings is 7. The molecule has 0 unspecified atom stereocenters. The normalized spacial score (nSPS) is 11.8. The van der Waals surface area contributed by atoms with Gasteiger partial charge < -0.3 is 13.4 Å². The van der Waals surface area contributed by atoms with Crippen LogP contribution in [-0.2, 0) is 0 Å². The molecule has 0 amide bonds. The molecule has 0 radical (unpaired) electrons. The molecule has 11 rings (SSSR count). The molecule has 248 valence electrons. The molecule has 0 bridgehead atoms. The highest BCUT2D eigenvalue weighted by Gasteiger charge is 2.23. The maximum absolute atomic E-state index is 6.60. The van der Waals surface area contributed by atoms with Crippen molar-refractivity contribution in [3.8, 4) is 51.3 Å². The molecule has 4 heterocycles. The van der Waals surface area contributed by atoms with E-state index in [1.54, 1.807) is 0 Å². The molecule has 7 nitrogen and oxygen atoms in total. The first-order chi connectivity index (χ1) is 26.3. The lowest BCUT2D eigenvalue weighted by molar-refractivity contribution is 0.615. The number of hydrogen-bond donors (Lipinski definition) is 0. The van der Waals surface area contributed by atoms with Gasteiger partial charge in [0.2, 0.25) is 5.89 Å². The summed E-state index contributed by atoms with van der Waals surface area (Å²) >= 11 is 0. The van der Waals surface area contributed by atoms with Crippen molar-refractivity contribution in [1.29, 1.82) is 0 Å². The van der Waals surface area contributed by atoms with Gasteiger partial charge in [0.1, 0.15) is 16.7 Å². The third-order valence-electron chi connectivity index (χ3n) is 9.91. The monoisotopic (exact) mass is 681 g/mol. The van der Waals surface area contributed by atoms with E-state index in [9.17, 15) is 0 Å². The Balaban J connectivity index is 1.17. The molecule has 7 heteroatoms. The molecule has 0 spiro atoms. The van der Waals surface area contributed by atoms with Crippen LogP contribution in [0.5, 0.6) is 0 Å². The van der Waals surface area contributed by atoms with E-state index in [1.807, 2.05) is 84.9 Å². The van der Waals surface area contributed by atoms with Crippen molar-refractivity contribution in [2.45, 2.75) is 0 Å². The number of rotatable bonds is 5. The lowest BCUT2D eigenvalue weighted by Crippen LogP contribution is -2.01. The predicted molar refractivity (Wildman–Crippen MR) is 211 cm³/mol. The first kappa shape index (κ1) is 29.4. The van der Waals surface area contributed by atoms with Crippen LogP contribution in [0.15, 0.2) is 173 Å². The Bertz CT molecular complexity index is 3150. The number of aromatic nitrogens is 5. The summed E-state index contributed by atoms with van der Waals surface area (Å²) in [4.78, 5) is 20.4. The van der Waals surface area contributed by atoms with Gasteiger partial charge in [0.05, 0.1) is 16.6 Å². The van der Waals surface area contributed by atoms with Crippen LogP contribution >= 0.6 is 0 Å². The summed E-state index contributed by atoms with van der Waals surface area (Å²) in [6, 6.07) is 55.2. The Labute approximate surface area is 302 Å². The second kappa shape index (κ2) is 11.6. The highest BCUT2D eigenvalue weighted by molar-refractivity contribution is 6.16. The van der Waals surface area contributed by atoms with Crippen molar-refractivity contribution in [2.75, 3.05) is 0 Å². The zero-order valence-corrected chi connectivity index (χ0v) is 28.1. The molecule has 7 aromatic carbocycles. The van der Waals surface area contributed by atoms with Crippen LogP contribution in [0, 0.1) is 0 Å². The third kappa shape index (κ3) is 4.61. The van der Waals surface area contributed by atoms with Gasteiger partial charge in [-0.05, 0) is 48.5 Å². The topological polar surface area (TPSA) is 82.8 Å². The summed E-state index contributed by atoms with van der Waals surface area (Å²) in [5.41, 5.74) is 9.67. The SMILES string of the molecule is c1ccc(-c2nc(-c3cccc4oc5c(-c6nc7ccccc7o6)cccc5c34)nc(-c3cccc4c3c3ccccc3n4-c3ccccc3)n2)cc1. The summed E-state index contributed by atoms with van der Waals surface area (Å²) < 4.78 is 15.1. The van der Waals surface area contributed by atoms with Crippen LogP contribution in [0.3, 0.4) is 0 Å². The van der Waals surface area contributed by atoms with Crippen molar-refractivity contribution in [3.63, 3.8) is 0 Å². The molecule has 0 aliphatic carbocycles. The summed E-state index contributed by atoms with van der Waals surface area (Å²) in [5.74, 6) is 2.24. The van der Waals surface area contributed by atoms with E-state index in [2.05, 4.69) is 83.4 Å². The first-order valence-electron chi connectivity index (χ1n) is 17.5.